The summed E-state index contributed by atoms with van der Waals surface area (Å²) in [5.74, 6) is 0.918. The molecular formula is C17H16N2O4S. The third-order valence-corrected chi connectivity index (χ3v) is 4.48. The molecule has 6 nitrogen and oxygen atoms in total. The van der Waals surface area contributed by atoms with Crippen molar-refractivity contribution in [2.24, 2.45) is 0 Å². The van der Waals surface area contributed by atoms with Crippen molar-refractivity contribution < 1.29 is 14.3 Å². The average molecular weight is 344 g/mol. The summed E-state index contributed by atoms with van der Waals surface area (Å²) in [5.41, 5.74) is 0.867. The first-order chi connectivity index (χ1) is 11.6. The highest BCUT2D eigenvalue weighted by Gasteiger charge is 2.11. The fraction of sp³-hybridized carbons (Fsp3) is 0.176. The third kappa shape index (κ3) is 3.11. The normalized spacial score (nSPS) is 10.6. The summed E-state index contributed by atoms with van der Waals surface area (Å²) in [6.45, 7) is 0.149. The molecule has 124 valence electrons. The number of thiophene rings is 1. The molecule has 0 unspecified atom stereocenters. The van der Waals surface area contributed by atoms with E-state index in [4.69, 9.17) is 9.47 Å². The zero-order valence-electron chi connectivity index (χ0n) is 13.2. The number of fused-ring (bicyclic) bond motifs is 1. The fourth-order valence-corrected chi connectivity index (χ4v) is 3.02. The number of H-pyrrole nitrogens is 1. The molecule has 2 heterocycles. The van der Waals surface area contributed by atoms with Crippen molar-refractivity contribution >= 4 is 28.1 Å². The first-order valence-electron chi connectivity index (χ1n) is 7.22. The van der Waals surface area contributed by atoms with Crippen LogP contribution < -0.4 is 20.3 Å². The lowest BCUT2D eigenvalue weighted by molar-refractivity contribution is 0.0955. The molecule has 0 radical (unpaired) electrons. The largest absolute Gasteiger partial charge is 0.493 e. The Labute approximate surface area is 142 Å². The van der Waals surface area contributed by atoms with Gasteiger partial charge in [-0.25, -0.2) is 0 Å². The van der Waals surface area contributed by atoms with E-state index in [0.29, 0.717) is 27.5 Å². The number of hydrogen-bond donors (Lipinski definition) is 2. The molecule has 0 atom stereocenters. The Morgan fingerprint density at radius 1 is 1.21 bits per heavy atom. The molecule has 2 N–H and O–H groups in total. The van der Waals surface area contributed by atoms with Gasteiger partial charge in [-0.3, -0.25) is 9.59 Å². The Hall–Kier alpha value is -2.80. The number of aromatic nitrogens is 1. The first kappa shape index (κ1) is 16.1. The average Bonchev–Trinajstić information content (AvgIpc) is 3.13. The highest BCUT2D eigenvalue weighted by molar-refractivity contribution is 7.12. The van der Waals surface area contributed by atoms with Crippen LogP contribution in [-0.4, -0.2) is 25.1 Å². The van der Waals surface area contributed by atoms with Crippen molar-refractivity contribution in [2.45, 2.75) is 6.54 Å². The van der Waals surface area contributed by atoms with Gasteiger partial charge in [0.05, 0.1) is 24.6 Å². The van der Waals surface area contributed by atoms with Gasteiger partial charge in [-0.1, -0.05) is 6.07 Å². The topological polar surface area (TPSA) is 80.4 Å². The Morgan fingerprint density at radius 2 is 1.96 bits per heavy atom. The lowest BCUT2D eigenvalue weighted by Gasteiger charge is -2.10. The van der Waals surface area contributed by atoms with Gasteiger partial charge in [0, 0.05) is 23.6 Å². The Balaban J connectivity index is 1.89. The van der Waals surface area contributed by atoms with Crippen LogP contribution in [0.15, 0.2) is 40.5 Å². The number of amides is 1. The highest BCUT2D eigenvalue weighted by Crippen LogP contribution is 2.30. The molecule has 0 spiro atoms. The minimum absolute atomic E-state index is 0.149. The van der Waals surface area contributed by atoms with Crippen LogP contribution in [0.3, 0.4) is 0 Å². The number of hydrogen-bond acceptors (Lipinski definition) is 5. The second-order valence-corrected chi connectivity index (χ2v) is 6.03. The van der Waals surface area contributed by atoms with Gasteiger partial charge < -0.3 is 19.8 Å². The highest BCUT2D eigenvalue weighted by atomic mass is 32.1. The van der Waals surface area contributed by atoms with E-state index >= 15 is 0 Å². The van der Waals surface area contributed by atoms with Gasteiger partial charge in [0.15, 0.2) is 11.5 Å². The Morgan fingerprint density at radius 3 is 2.62 bits per heavy atom. The molecule has 24 heavy (non-hydrogen) atoms. The number of nitrogens with one attached hydrogen (secondary N) is 2. The zero-order chi connectivity index (χ0) is 17.1. The van der Waals surface area contributed by atoms with Crippen molar-refractivity contribution in [3.63, 3.8) is 0 Å². The summed E-state index contributed by atoms with van der Waals surface area (Å²) in [6, 6.07) is 8.78. The van der Waals surface area contributed by atoms with Crippen LogP contribution in [0.2, 0.25) is 0 Å². The van der Waals surface area contributed by atoms with Crippen LogP contribution in [0.1, 0.15) is 15.2 Å². The number of rotatable bonds is 5. The van der Waals surface area contributed by atoms with Crippen LogP contribution in [-0.2, 0) is 6.54 Å². The number of carbonyl (C=O) groups excluding carboxylic acids is 1. The maximum absolute atomic E-state index is 12.2. The molecule has 3 rings (SSSR count). The van der Waals surface area contributed by atoms with E-state index in [1.54, 1.807) is 31.4 Å². The standard InChI is InChI=1S/C17H16N2O4S/c1-22-13-7-10-6-11(9-18-17(21)15-4-3-5-24-15)16(20)19-12(10)8-14(13)23-2/h3-8H,9H2,1-2H3,(H,18,21)(H,19,20). The lowest BCUT2D eigenvalue weighted by Crippen LogP contribution is -2.26. The number of aromatic amines is 1. The summed E-state index contributed by atoms with van der Waals surface area (Å²) >= 11 is 1.35. The van der Waals surface area contributed by atoms with E-state index in [1.165, 1.54) is 18.4 Å². The molecule has 2 aromatic heterocycles. The molecule has 0 aliphatic heterocycles. The van der Waals surface area contributed by atoms with Gasteiger partial charge in [0.2, 0.25) is 0 Å². The van der Waals surface area contributed by atoms with Crippen LogP contribution in [0, 0.1) is 0 Å². The SMILES string of the molecule is COc1cc2cc(CNC(=O)c3cccs3)c(=O)[nH]c2cc1OC. The van der Waals surface area contributed by atoms with Gasteiger partial charge in [-0.05, 0) is 23.6 Å². The number of carbonyl (C=O) groups is 1. The number of pyridine rings is 1. The summed E-state index contributed by atoms with van der Waals surface area (Å²) in [5, 5.41) is 5.38. The van der Waals surface area contributed by atoms with Crippen molar-refractivity contribution in [2.75, 3.05) is 14.2 Å². The maximum atomic E-state index is 12.2. The Bertz CT molecular complexity index is 932. The minimum Gasteiger partial charge on any atom is -0.493 e. The van der Waals surface area contributed by atoms with E-state index in [9.17, 15) is 9.59 Å². The lowest BCUT2D eigenvalue weighted by atomic mass is 10.1. The van der Waals surface area contributed by atoms with Gasteiger partial charge in [0.25, 0.3) is 11.5 Å². The first-order valence-corrected chi connectivity index (χ1v) is 8.10. The van der Waals surface area contributed by atoms with E-state index in [2.05, 4.69) is 10.3 Å². The smallest absolute Gasteiger partial charge is 0.261 e. The maximum Gasteiger partial charge on any atom is 0.261 e. The summed E-state index contributed by atoms with van der Waals surface area (Å²) in [7, 11) is 3.09. The van der Waals surface area contributed by atoms with Gasteiger partial charge in [-0.2, -0.15) is 0 Å². The van der Waals surface area contributed by atoms with Crippen molar-refractivity contribution in [3.8, 4) is 11.5 Å². The number of methoxy groups -OCH3 is 2. The van der Waals surface area contributed by atoms with Crippen LogP contribution in [0.25, 0.3) is 10.9 Å². The molecule has 0 saturated heterocycles. The molecule has 1 amide bonds. The molecule has 0 aliphatic carbocycles. The molecule has 0 bridgehead atoms. The molecule has 3 aromatic rings. The fourth-order valence-electron chi connectivity index (χ4n) is 2.38. The molecule has 7 heteroatoms. The second kappa shape index (κ2) is 6.76. The predicted octanol–water partition coefficient (Wildman–Crippen LogP) is 2.54. The van der Waals surface area contributed by atoms with Crippen molar-refractivity contribution in [1.82, 2.24) is 10.3 Å². The quantitative estimate of drug-likeness (QED) is 0.745. The van der Waals surface area contributed by atoms with Gasteiger partial charge in [0.1, 0.15) is 0 Å². The summed E-state index contributed by atoms with van der Waals surface area (Å²) in [6.07, 6.45) is 0. The predicted molar refractivity (Wildman–Crippen MR) is 93.2 cm³/mol. The second-order valence-electron chi connectivity index (χ2n) is 5.08. The van der Waals surface area contributed by atoms with Crippen LogP contribution in [0.5, 0.6) is 11.5 Å². The van der Waals surface area contributed by atoms with E-state index < -0.39 is 0 Å². The van der Waals surface area contributed by atoms with Crippen LogP contribution in [0.4, 0.5) is 0 Å². The molecule has 1 aromatic carbocycles. The monoisotopic (exact) mass is 344 g/mol. The van der Waals surface area contributed by atoms with E-state index in [1.807, 2.05) is 11.4 Å². The molecule has 0 saturated carbocycles. The molecular weight excluding hydrogens is 328 g/mol. The number of benzene rings is 1. The van der Waals surface area contributed by atoms with E-state index in [0.717, 1.165) is 5.39 Å². The van der Waals surface area contributed by atoms with Gasteiger partial charge in [-0.15, -0.1) is 11.3 Å². The molecule has 0 fully saturated rings. The van der Waals surface area contributed by atoms with Crippen molar-refractivity contribution in [3.05, 3.63) is 56.5 Å². The van der Waals surface area contributed by atoms with Gasteiger partial charge >= 0.3 is 0 Å². The van der Waals surface area contributed by atoms with Crippen LogP contribution >= 0.6 is 11.3 Å². The minimum atomic E-state index is -0.249. The number of ether oxygens (including phenoxy) is 2. The third-order valence-electron chi connectivity index (χ3n) is 3.61. The summed E-state index contributed by atoms with van der Waals surface area (Å²) < 4.78 is 10.5. The molecule has 0 aliphatic rings. The van der Waals surface area contributed by atoms with E-state index in [-0.39, 0.29) is 18.0 Å². The Kier molecular flexibility index (Phi) is 4.52. The summed E-state index contributed by atoms with van der Waals surface area (Å²) in [4.78, 5) is 27.6. The zero-order valence-corrected chi connectivity index (χ0v) is 14.0. The van der Waals surface area contributed by atoms with Crippen molar-refractivity contribution in [1.29, 1.82) is 0 Å².